The Morgan fingerprint density at radius 1 is 0.644 bits per heavy atom. The summed E-state index contributed by atoms with van der Waals surface area (Å²) in [7, 11) is 1.80. The molecule has 5 aliphatic carbocycles. The Morgan fingerprint density at radius 2 is 1.29 bits per heavy atom. The Hall–Kier alpha value is -4.83. The van der Waals surface area contributed by atoms with Crippen LogP contribution in [0, 0.1) is 68.0 Å². The largest absolute Gasteiger partial charge is 0.444 e. The van der Waals surface area contributed by atoms with E-state index in [-0.39, 0.29) is 77.0 Å². The first-order chi connectivity index (χ1) is 49.3. The van der Waals surface area contributed by atoms with Gasteiger partial charge in [0.25, 0.3) is 0 Å². The van der Waals surface area contributed by atoms with Crippen LogP contribution in [0.3, 0.4) is 0 Å². The van der Waals surface area contributed by atoms with Crippen LogP contribution in [-0.2, 0) is 91.0 Å². The quantitative estimate of drug-likeness (QED) is 0.0488. The fourth-order valence-electron chi connectivity index (χ4n) is 20.9. The number of esters is 1. The third kappa shape index (κ3) is 16.2. The van der Waals surface area contributed by atoms with Crippen LogP contribution in [-0.4, -0.2) is 136 Å². The second-order valence-corrected chi connectivity index (χ2v) is 36.2. The monoisotopic (exact) mass is 1440 g/mol. The lowest BCUT2D eigenvalue weighted by Crippen LogP contribution is -2.68. The van der Waals surface area contributed by atoms with Crippen molar-refractivity contribution < 1.29 is 76.0 Å². The van der Waals surface area contributed by atoms with E-state index < -0.39 is 109 Å². The molecule has 0 aromatic heterocycles. The molecule has 12 unspecified atom stereocenters. The summed E-state index contributed by atoms with van der Waals surface area (Å²) < 4.78 is 89.3. The smallest absolute Gasteiger partial charge is 0.407 e. The highest BCUT2D eigenvalue weighted by molar-refractivity contribution is 5.80. The molecule has 23 atom stereocenters. The van der Waals surface area contributed by atoms with E-state index in [0.717, 1.165) is 42.4 Å². The van der Waals surface area contributed by atoms with E-state index in [1.807, 2.05) is 127 Å². The lowest BCUT2D eigenvalue weighted by molar-refractivity contribution is -0.354. The molecule has 0 bridgehead atoms. The van der Waals surface area contributed by atoms with Crippen molar-refractivity contribution in [2.75, 3.05) is 26.9 Å². The number of fused-ring (bicyclic) bond motifs is 8. The van der Waals surface area contributed by atoms with Crippen molar-refractivity contribution in [3.63, 3.8) is 0 Å². The highest BCUT2D eigenvalue weighted by Gasteiger charge is 2.72. The molecular formula is C86H126N2O16. The molecule has 9 aliphatic rings. The Morgan fingerprint density at radius 3 is 1.95 bits per heavy atom. The lowest BCUT2D eigenvalue weighted by Gasteiger charge is -2.72. The van der Waals surface area contributed by atoms with Gasteiger partial charge in [0, 0.05) is 31.9 Å². The summed E-state index contributed by atoms with van der Waals surface area (Å²) in [5.74, 6) is -0.994. The molecule has 0 radical (unpaired) electrons. The predicted molar refractivity (Wildman–Crippen MR) is 396 cm³/mol. The third-order valence-corrected chi connectivity index (χ3v) is 27.1. The highest BCUT2D eigenvalue weighted by atomic mass is 16.8. The van der Waals surface area contributed by atoms with E-state index in [2.05, 4.69) is 91.2 Å². The number of nitrogens with one attached hydrogen (secondary N) is 2. The second-order valence-electron chi connectivity index (χ2n) is 36.2. The summed E-state index contributed by atoms with van der Waals surface area (Å²) in [5.41, 5.74) is 2.79. The van der Waals surface area contributed by atoms with Crippen molar-refractivity contribution in [1.82, 2.24) is 10.6 Å². The summed E-state index contributed by atoms with van der Waals surface area (Å²) in [6, 6.07) is 29.5. The molecular weight excluding hydrogens is 1320 g/mol. The molecule has 18 heteroatoms. The van der Waals surface area contributed by atoms with Crippen LogP contribution in [0.15, 0.2) is 103 Å². The summed E-state index contributed by atoms with van der Waals surface area (Å²) in [5, 5.41) is 6.24. The van der Waals surface area contributed by atoms with E-state index in [1.165, 1.54) is 24.8 Å². The van der Waals surface area contributed by atoms with Crippen molar-refractivity contribution >= 4 is 18.0 Å². The first kappa shape index (κ1) is 78.7. The molecule has 4 saturated heterocycles. The number of allylic oxidation sites excluding steroid dienone is 2. The maximum atomic E-state index is 16.8. The summed E-state index contributed by atoms with van der Waals surface area (Å²) in [6.07, 6.45) is 3.51. The molecule has 576 valence electrons. The normalized spacial score (nSPS) is 39.1. The zero-order chi connectivity index (χ0) is 74.4. The average molecular weight is 1440 g/mol. The molecule has 2 amide bonds. The molecule has 8 fully saturated rings. The SMILES string of the molecule is COC1C[C@]2(C)C(=CCC3C4(C)CC[C@H](C)C(C)(C)[C@@H]4CC[C@@]32C)C2CC(C)(C)CC[C@]12C(=O)O[C@@H]1OC(COCc2ccccc2)[C@H](NC(=O)CCCCCNC(=O)OC(C)(C)C)C(C)C1O[C@@H]1OC(C)[C@H](O[C@@H]2OC[C@@H](OCc3ccccc3)C(OCc3ccccc3)C2C)C2OC(C)(C)OC21. The molecule has 4 aliphatic heterocycles. The maximum Gasteiger partial charge on any atom is 0.407 e. The number of methoxy groups -OCH3 is 1. The molecule has 0 spiro atoms. The number of rotatable bonds is 24. The van der Waals surface area contributed by atoms with Crippen LogP contribution in [0.1, 0.15) is 211 Å². The Balaban J connectivity index is 0.850. The molecule has 3 aromatic rings. The molecule has 12 rings (SSSR count). The van der Waals surface area contributed by atoms with Gasteiger partial charge in [-0.1, -0.05) is 178 Å². The Bertz CT molecular complexity index is 3400. The number of hydrogen-bond donors (Lipinski definition) is 2. The van der Waals surface area contributed by atoms with Gasteiger partial charge < -0.3 is 72.2 Å². The van der Waals surface area contributed by atoms with Gasteiger partial charge in [0.2, 0.25) is 12.2 Å². The molecule has 4 heterocycles. The number of carbonyl (C=O) groups excluding carboxylic acids is 3. The minimum absolute atomic E-state index is 0.0407. The first-order valence-corrected chi connectivity index (χ1v) is 39.5. The van der Waals surface area contributed by atoms with E-state index in [1.54, 1.807) is 7.11 Å². The third-order valence-electron chi connectivity index (χ3n) is 27.1. The van der Waals surface area contributed by atoms with Crippen LogP contribution < -0.4 is 10.6 Å². The van der Waals surface area contributed by atoms with Gasteiger partial charge in [0.05, 0.1) is 57.4 Å². The number of carbonyl (C=O) groups is 3. The number of alkyl carbamates (subject to hydrolysis) is 1. The van der Waals surface area contributed by atoms with Crippen molar-refractivity contribution in [1.29, 1.82) is 0 Å². The summed E-state index contributed by atoms with van der Waals surface area (Å²) in [6.45, 7) is 37.1. The van der Waals surface area contributed by atoms with Crippen LogP contribution in [0.2, 0.25) is 0 Å². The van der Waals surface area contributed by atoms with Crippen LogP contribution >= 0.6 is 0 Å². The topological polar surface area (TPSA) is 195 Å². The van der Waals surface area contributed by atoms with Gasteiger partial charge in [-0.3, -0.25) is 9.59 Å². The fourth-order valence-corrected chi connectivity index (χ4v) is 20.9. The van der Waals surface area contributed by atoms with E-state index in [0.29, 0.717) is 69.6 Å². The number of ether oxygens (including phenoxy) is 13. The van der Waals surface area contributed by atoms with E-state index in [9.17, 15) is 9.59 Å². The van der Waals surface area contributed by atoms with Gasteiger partial charge in [-0.05, 0) is 180 Å². The zero-order valence-electron chi connectivity index (χ0n) is 65.7. The van der Waals surface area contributed by atoms with Crippen molar-refractivity contribution in [3.8, 4) is 0 Å². The number of unbranched alkanes of at least 4 members (excludes halogenated alkanes) is 2. The standard InChI is InChI=1S/C86H126N2O16/c1-53-39-41-83(14)64(81(53,10)11)40-42-84(15)65(83)38-37-60-61-46-80(8,9)43-44-86(61,66(92-17)47-85(60,84)16)77(90)101-75-70(54(2)68(62(98-75)51-93-48-57-30-22-18-23-31-57)88-67(89)36-28-21-29-45-87-78(91)104-79(5,6)7)99-76-73-72(102-82(12,13)103-73)71(56(4)97-76)100-74-55(3)69(95-50-59-34-26-20-27-35-59)63(52-96-74)94-49-58-32-24-19-25-33-58/h18-20,22-27,30-35,37,53-56,61-66,68-76H,21,28-29,36,38-52H2,1-17H3,(H,87,91)(H,88,89)/t53-,54?,55?,56?,61?,62?,63+,64-,65?,66?,68+,69?,70?,71-,72?,73?,74-,75-,76-,83?,84-,85+,86+/m0/s1. The lowest BCUT2D eigenvalue weighted by atomic mass is 9.33. The van der Waals surface area contributed by atoms with Crippen LogP contribution in [0.25, 0.3) is 0 Å². The number of benzene rings is 3. The summed E-state index contributed by atoms with van der Waals surface area (Å²) >= 11 is 0. The Kier molecular flexibility index (Phi) is 24.0. The maximum absolute atomic E-state index is 16.8. The minimum Gasteiger partial charge on any atom is -0.444 e. The average Bonchev–Trinajstić information content (AvgIpc) is 1.66. The number of amides is 2. The van der Waals surface area contributed by atoms with Gasteiger partial charge in [0.15, 0.2) is 18.4 Å². The first-order valence-electron chi connectivity index (χ1n) is 39.5. The van der Waals surface area contributed by atoms with Gasteiger partial charge in [-0.2, -0.15) is 0 Å². The highest BCUT2D eigenvalue weighted by Crippen LogP contribution is 2.76. The van der Waals surface area contributed by atoms with Crippen molar-refractivity contribution in [3.05, 3.63) is 119 Å². The Labute approximate surface area is 621 Å². The van der Waals surface area contributed by atoms with E-state index in [4.69, 9.17) is 61.6 Å². The second kappa shape index (κ2) is 31.6. The number of hydrogen-bond acceptors (Lipinski definition) is 16. The molecule has 4 saturated carbocycles. The predicted octanol–water partition coefficient (Wildman–Crippen LogP) is 15.9. The van der Waals surface area contributed by atoms with Crippen LogP contribution in [0.4, 0.5) is 4.79 Å². The van der Waals surface area contributed by atoms with Crippen molar-refractivity contribution in [2.24, 2.45) is 68.0 Å². The summed E-state index contributed by atoms with van der Waals surface area (Å²) in [4.78, 5) is 43.9. The molecule has 2 N–H and O–H groups in total. The zero-order valence-corrected chi connectivity index (χ0v) is 65.7. The molecule has 3 aromatic carbocycles. The van der Waals surface area contributed by atoms with Gasteiger partial charge >= 0.3 is 12.1 Å². The van der Waals surface area contributed by atoms with E-state index >= 15 is 4.79 Å². The molecule has 104 heavy (non-hydrogen) atoms. The van der Waals surface area contributed by atoms with Crippen LogP contribution in [0.5, 0.6) is 0 Å². The van der Waals surface area contributed by atoms with Gasteiger partial charge in [0.1, 0.15) is 47.6 Å². The minimum atomic E-state index is -1.33. The van der Waals surface area contributed by atoms with Crippen molar-refractivity contribution in [2.45, 2.75) is 305 Å². The fraction of sp³-hybridized carbons (Fsp3) is 0.733. The van der Waals surface area contributed by atoms with Gasteiger partial charge in [-0.15, -0.1) is 0 Å². The van der Waals surface area contributed by atoms with Gasteiger partial charge in [-0.25, -0.2) is 4.79 Å². The molecule has 18 nitrogen and oxygen atoms in total.